The Bertz CT molecular complexity index is 1330. The molecule has 0 bridgehead atoms. The van der Waals surface area contributed by atoms with Crippen LogP contribution in [0.3, 0.4) is 0 Å². The van der Waals surface area contributed by atoms with Gasteiger partial charge in [0.1, 0.15) is 23.0 Å². The standard InChI is InChI=1S/C25H25ClN8O2S/c26-21-15-22(31-25(30-21)33-10-9-27-17-33)34-12-11-32(24(36)20-5-1-2-7-28-20)16-18(34)14-23(35)29-8-6-19-4-3-13-37-19/h1-5,7,9-10,13,15,17-18H,6,8,11-12,14,16H2,(H,29,35). The highest BCUT2D eigenvalue weighted by Crippen LogP contribution is 2.25. The highest BCUT2D eigenvalue weighted by Gasteiger charge is 2.33. The average molecular weight is 537 g/mol. The van der Waals surface area contributed by atoms with E-state index in [-0.39, 0.29) is 29.4 Å². The fraction of sp³-hybridized carbons (Fsp3) is 0.280. The van der Waals surface area contributed by atoms with Gasteiger partial charge in [0, 0.05) is 62.1 Å². The number of halogens is 1. The first-order valence-corrected chi connectivity index (χ1v) is 13.1. The molecule has 0 spiro atoms. The first-order chi connectivity index (χ1) is 18.1. The number of anilines is 1. The second-order valence-electron chi connectivity index (χ2n) is 8.52. The molecule has 2 amide bonds. The topological polar surface area (TPSA) is 109 Å². The van der Waals surface area contributed by atoms with Gasteiger partial charge >= 0.3 is 0 Å². The minimum atomic E-state index is -0.315. The first-order valence-electron chi connectivity index (χ1n) is 11.9. The maximum absolute atomic E-state index is 13.1. The highest BCUT2D eigenvalue weighted by atomic mass is 35.5. The van der Waals surface area contributed by atoms with E-state index >= 15 is 0 Å². The molecule has 1 aliphatic rings. The number of hydrogen-bond acceptors (Lipinski definition) is 8. The van der Waals surface area contributed by atoms with Crippen LogP contribution in [0.15, 0.2) is 66.7 Å². The molecule has 0 aliphatic carbocycles. The van der Waals surface area contributed by atoms with Gasteiger partial charge < -0.3 is 15.1 Å². The van der Waals surface area contributed by atoms with Crippen molar-refractivity contribution in [2.75, 3.05) is 31.1 Å². The molecule has 190 valence electrons. The van der Waals surface area contributed by atoms with Crippen LogP contribution in [0.4, 0.5) is 5.82 Å². The number of thiophene rings is 1. The Hall–Kier alpha value is -3.83. The summed E-state index contributed by atoms with van der Waals surface area (Å²) in [5.74, 6) is 0.716. The third-order valence-corrected chi connectivity index (χ3v) is 7.18. The summed E-state index contributed by atoms with van der Waals surface area (Å²) in [5, 5.41) is 5.32. The normalized spacial score (nSPS) is 15.5. The summed E-state index contributed by atoms with van der Waals surface area (Å²) in [6.45, 7) is 1.82. The molecular weight excluding hydrogens is 512 g/mol. The number of pyridine rings is 1. The summed E-state index contributed by atoms with van der Waals surface area (Å²) in [6.07, 6.45) is 7.53. The van der Waals surface area contributed by atoms with Gasteiger partial charge in [-0.05, 0) is 30.0 Å². The zero-order valence-electron chi connectivity index (χ0n) is 19.9. The van der Waals surface area contributed by atoms with Crippen molar-refractivity contribution in [3.63, 3.8) is 0 Å². The summed E-state index contributed by atoms with van der Waals surface area (Å²) in [6, 6.07) is 10.7. The molecule has 1 saturated heterocycles. The maximum atomic E-state index is 13.1. The van der Waals surface area contributed by atoms with Crippen molar-refractivity contribution in [3.05, 3.63) is 82.4 Å². The van der Waals surface area contributed by atoms with Gasteiger partial charge in [-0.25, -0.2) is 9.97 Å². The quantitative estimate of drug-likeness (QED) is 0.345. The molecule has 1 unspecified atom stereocenters. The van der Waals surface area contributed by atoms with Crippen molar-refractivity contribution in [2.24, 2.45) is 0 Å². The van der Waals surface area contributed by atoms with E-state index < -0.39 is 0 Å². The van der Waals surface area contributed by atoms with Crippen molar-refractivity contribution in [2.45, 2.75) is 18.9 Å². The Morgan fingerprint density at radius 3 is 2.81 bits per heavy atom. The number of aromatic nitrogens is 5. The second kappa shape index (κ2) is 11.5. The van der Waals surface area contributed by atoms with E-state index in [4.69, 9.17) is 11.6 Å². The van der Waals surface area contributed by atoms with Crippen LogP contribution in [0, 0.1) is 0 Å². The van der Waals surface area contributed by atoms with Gasteiger partial charge in [0.25, 0.3) is 5.91 Å². The number of nitrogens with one attached hydrogen (secondary N) is 1. The predicted molar refractivity (Wildman–Crippen MR) is 141 cm³/mol. The van der Waals surface area contributed by atoms with Crippen LogP contribution in [-0.2, 0) is 11.2 Å². The van der Waals surface area contributed by atoms with E-state index in [2.05, 4.69) is 31.3 Å². The lowest BCUT2D eigenvalue weighted by Crippen LogP contribution is -2.56. The fourth-order valence-electron chi connectivity index (χ4n) is 4.27. The molecule has 0 radical (unpaired) electrons. The molecule has 0 saturated carbocycles. The van der Waals surface area contributed by atoms with Gasteiger partial charge in [-0.1, -0.05) is 23.7 Å². The zero-order chi connectivity index (χ0) is 25.6. The first kappa shape index (κ1) is 24.8. The SMILES string of the molecule is O=C(CC1CN(C(=O)c2ccccn2)CCN1c1cc(Cl)nc(-n2ccnc2)n1)NCCc1cccs1. The third-order valence-electron chi connectivity index (χ3n) is 6.05. The van der Waals surface area contributed by atoms with Crippen LogP contribution in [0.1, 0.15) is 21.8 Å². The molecule has 0 aromatic carbocycles. The van der Waals surface area contributed by atoms with Crippen LogP contribution in [-0.4, -0.2) is 73.4 Å². The Labute approximate surface area is 223 Å². The molecular formula is C25H25ClN8O2S. The van der Waals surface area contributed by atoms with Crippen LogP contribution in [0.2, 0.25) is 5.15 Å². The lowest BCUT2D eigenvalue weighted by atomic mass is 10.1. The Morgan fingerprint density at radius 1 is 1.14 bits per heavy atom. The number of imidazole rings is 1. The Balaban J connectivity index is 1.35. The molecule has 1 N–H and O–H groups in total. The van der Waals surface area contributed by atoms with E-state index in [1.165, 1.54) is 4.88 Å². The van der Waals surface area contributed by atoms with Gasteiger partial charge in [0.2, 0.25) is 11.9 Å². The molecule has 5 heterocycles. The van der Waals surface area contributed by atoms with Crippen LogP contribution < -0.4 is 10.2 Å². The number of rotatable bonds is 8. The van der Waals surface area contributed by atoms with Crippen molar-refractivity contribution >= 4 is 40.6 Å². The fourth-order valence-corrected chi connectivity index (χ4v) is 5.15. The summed E-state index contributed by atoms with van der Waals surface area (Å²) < 4.78 is 1.67. The predicted octanol–water partition coefficient (Wildman–Crippen LogP) is 2.85. The minimum absolute atomic E-state index is 0.0892. The molecule has 4 aromatic heterocycles. The van der Waals surface area contributed by atoms with Crippen LogP contribution >= 0.6 is 22.9 Å². The number of amides is 2. The number of carbonyl (C=O) groups is 2. The molecule has 4 aromatic rings. The van der Waals surface area contributed by atoms with E-state index in [9.17, 15) is 9.59 Å². The lowest BCUT2D eigenvalue weighted by Gasteiger charge is -2.42. The molecule has 12 heteroatoms. The van der Waals surface area contributed by atoms with Gasteiger partial charge in [-0.2, -0.15) is 4.98 Å². The van der Waals surface area contributed by atoms with E-state index in [0.29, 0.717) is 43.6 Å². The monoisotopic (exact) mass is 536 g/mol. The van der Waals surface area contributed by atoms with Gasteiger partial charge in [-0.3, -0.25) is 19.1 Å². The van der Waals surface area contributed by atoms with E-state index in [0.717, 1.165) is 6.42 Å². The summed E-state index contributed by atoms with van der Waals surface area (Å²) in [4.78, 5) is 48.3. The molecule has 10 nitrogen and oxygen atoms in total. The van der Waals surface area contributed by atoms with Gasteiger partial charge in [-0.15, -0.1) is 11.3 Å². The highest BCUT2D eigenvalue weighted by molar-refractivity contribution is 7.09. The summed E-state index contributed by atoms with van der Waals surface area (Å²) >= 11 is 8.02. The Morgan fingerprint density at radius 2 is 2.05 bits per heavy atom. The van der Waals surface area contributed by atoms with E-state index in [1.54, 1.807) is 70.0 Å². The molecule has 5 rings (SSSR count). The summed E-state index contributed by atoms with van der Waals surface area (Å²) in [5.41, 5.74) is 0.377. The van der Waals surface area contributed by atoms with Crippen molar-refractivity contribution < 1.29 is 9.59 Å². The molecule has 37 heavy (non-hydrogen) atoms. The van der Waals surface area contributed by atoms with Crippen molar-refractivity contribution in [1.29, 1.82) is 0 Å². The maximum Gasteiger partial charge on any atom is 0.272 e. The third kappa shape index (κ3) is 6.12. The number of nitrogens with zero attached hydrogens (tertiary/aromatic N) is 7. The molecule has 1 fully saturated rings. The van der Waals surface area contributed by atoms with Gasteiger partial charge in [0.05, 0.1) is 6.04 Å². The average Bonchev–Trinajstić information content (AvgIpc) is 3.63. The van der Waals surface area contributed by atoms with E-state index in [1.807, 2.05) is 16.3 Å². The minimum Gasteiger partial charge on any atom is -0.356 e. The number of hydrogen-bond donors (Lipinski definition) is 1. The largest absolute Gasteiger partial charge is 0.356 e. The smallest absolute Gasteiger partial charge is 0.272 e. The van der Waals surface area contributed by atoms with Crippen LogP contribution in [0.5, 0.6) is 0 Å². The number of carbonyl (C=O) groups excluding carboxylic acids is 2. The van der Waals surface area contributed by atoms with Crippen LogP contribution in [0.25, 0.3) is 5.95 Å². The number of piperazine rings is 1. The molecule has 1 atom stereocenters. The van der Waals surface area contributed by atoms with Crippen molar-refractivity contribution in [3.8, 4) is 5.95 Å². The lowest BCUT2D eigenvalue weighted by molar-refractivity contribution is -0.121. The van der Waals surface area contributed by atoms with Crippen molar-refractivity contribution in [1.82, 2.24) is 34.7 Å². The van der Waals surface area contributed by atoms with Gasteiger partial charge in [0.15, 0.2) is 0 Å². The second-order valence-corrected chi connectivity index (χ2v) is 9.94. The molecule has 1 aliphatic heterocycles. The zero-order valence-corrected chi connectivity index (χ0v) is 21.5. The Kier molecular flexibility index (Phi) is 7.71. The summed E-state index contributed by atoms with van der Waals surface area (Å²) in [7, 11) is 0.